The molecule has 2 aromatic rings. The van der Waals surface area contributed by atoms with Crippen LogP contribution in [0.5, 0.6) is 0 Å². The van der Waals surface area contributed by atoms with Gasteiger partial charge >= 0.3 is 5.69 Å². The molecule has 0 bridgehead atoms. The van der Waals surface area contributed by atoms with E-state index in [1.807, 2.05) is 24.5 Å². The molecule has 2 saturated heterocycles. The van der Waals surface area contributed by atoms with Crippen LogP contribution in [0.1, 0.15) is 32.9 Å². The van der Waals surface area contributed by atoms with Gasteiger partial charge in [0.25, 0.3) is 5.56 Å². The Morgan fingerprint density at radius 2 is 1.97 bits per heavy atom. The summed E-state index contributed by atoms with van der Waals surface area (Å²) in [6, 6.07) is 0.0247. The molecular weight excluding hydrogens is 426 g/mol. The first-order valence-electron chi connectivity index (χ1n) is 11.5. The van der Waals surface area contributed by atoms with Crippen molar-refractivity contribution in [3.63, 3.8) is 0 Å². The van der Waals surface area contributed by atoms with Gasteiger partial charge in [-0.05, 0) is 26.7 Å². The predicted octanol–water partition coefficient (Wildman–Crippen LogP) is -0.180. The van der Waals surface area contributed by atoms with E-state index in [0.29, 0.717) is 62.8 Å². The molecule has 180 valence electrons. The molecule has 2 atom stereocenters. The number of carbonyl (C=O) groups is 1. The normalized spacial score (nSPS) is 20.7. The lowest BCUT2D eigenvalue weighted by Gasteiger charge is -2.32. The van der Waals surface area contributed by atoms with E-state index in [0.717, 1.165) is 29.5 Å². The molecular formula is C22H33N7O4. The second-order valence-electron chi connectivity index (χ2n) is 9.04. The van der Waals surface area contributed by atoms with Crippen molar-refractivity contribution in [3.05, 3.63) is 32.5 Å². The summed E-state index contributed by atoms with van der Waals surface area (Å²) in [6.45, 7) is 7.63. The molecule has 11 heteroatoms. The predicted molar refractivity (Wildman–Crippen MR) is 126 cm³/mol. The van der Waals surface area contributed by atoms with Crippen LogP contribution < -0.4 is 21.9 Å². The van der Waals surface area contributed by atoms with Crippen LogP contribution in [0, 0.1) is 0 Å². The van der Waals surface area contributed by atoms with Gasteiger partial charge in [0.1, 0.15) is 0 Å². The highest BCUT2D eigenvalue weighted by Crippen LogP contribution is 2.24. The summed E-state index contributed by atoms with van der Waals surface area (Å²) in [5.41, 5.74) is 6.85. The molecule has 11 nitrogen and oxygen atoms in total. The van der Waals surface area contributed by atoms with Crippen LogP contribution >= 0.6 is 0 Å². The first-order chi connectivity index (χ1) is 15.8. The fourth-order valence-corrected chi connectivity index (χ4v) is 4.59. The minimum absolute atomic E-state index is 0.0247. The maximum absolute atomic E-state index is 13.8. The van der Waals surface area contributed by atoms with Gasteiger partial charge in [-0.2, -0.15) is 4.98 Å². The Hall–Kier alpha value is -2.76. The molecule has 0 spiro atoms. The minimum atomic E-state index is -0.997. The zero-order valence-electron chi connectivity index (χ0n) is 19.6. The Bertz CT molecular complexity index is 1170. The molecule has 2 fully saturated rings. The van der Waals surface area contributed by atoms with Crippen LogP contribution in [0.2, 0.25) is 0 Å². The lowest BCUT2D eigenvalue weighted by atomic mass is 10.1. The van der Waals surface area contributed by atoms with Gasteiger partial charge in [0, 0.05) is 45.8 Å². The number of nitrogens with zero attached hydrogens (tertiary/aromatic N) is 6. The lowest BCUT2D eigenvalue weighted by molar-refractivity contribution is -0.118. The Morgan fingerprint density at radius 3 is 2.61 bits per heavy atom. The molecule has 2 N–H and O–H groups in total. The van der Waals surface area contributed by atoms with Crippen molar-refractivity contribution in [2.24, 2.45) is 12.8 Å². The van der Waals surface area contributed by atoms with E-state index in [9.17, 15) is 14.4 Å². The molecule has 2 aliphatic rings. The summed E-state index contributed by atoms with van der Waals surface area (Å²) in [6.07, 6.45) is 3.55. The average molecular weight is 460 g/mol. The van der Waals surface area contributed by atoms with E-state index in [4.69, 9.17) is 15.5 Å². The fourth-order valence-electron chi connectivity index (χ4n) is 4.59. The molecule has 0 aliphatic carbocycles. The third-order valence-electron chi connectivity index (χ3n) is 6.39. The highest BCUT2D eigenvalue weighted by Gasteiger charge is 2.30. The Balaban J connectivity index is 1.94. The minimum Gasteiger partial charge on any atom is -0.379 e. The summed E-state index contributed by atoms with van der Waals surface area (Å²) in [4.78, 5) is 47.8. The number of hydrogen-bond acceptors (Lipinski definition) is 8. The van der Waals surface area contributed by atoms with Gasteiger partial charge in [-0.1, -0.05) is 11.6 Å². The third kappa shape index (κ3) is 4.40. The summed E-state index contributed by atoms with van der Waals surface area (Å²) < 4.78 is 9.63. The number of carbonyl (C=O) groups excluding carboxylic acids is 1. The first kappa shape index (κ1) is 23.4. The fraction of sp³-hybridized carbons (Fsp3) is 0.636. The smallest absolute Gasteiger partial charge is 0.334 e. The number of allylic oxidation sites excluding steroid dienone is 2. The van der Waals surface area contributed by atoms with E-state index in [1.165, 1.54) is 4.57 Å². The summed E-state index contributed by atoms with van der Waals surface area (Å²) >= 11 is 0. The number of hydrogen-bond donors (Lipinski definition) is 1. The summed E-state index contributed by atoms with van der Waals surface area (Å²) in [5, 5.41) is 0. The van der Waals surface area contributed by atoms with Crippen LogP contribution in [0.15, 0.2) is 21.2 Å². The highest BCUT2D eigenvalue weighted by molar-refractivity contribution is 5.75. The SMILES string of the molecule is CC(C)=CCn1c(N2CCCC(N)C2)nc2c1c(=O)n(C(C=O)N1CCOCC1)c(=O)n2C. The Kier molecular flexibility index (Phi) is 6.82. The van der Waals surface area contributed by atoms with Gasteiger partial charge in [-0.25, -0.2) is 9.36 Å². The van der Waals surface area contributed by atoms with Crippen molar-refractivity contribution in [1.82, 2.24) is 23.6 Å². The van der Waals surface area contributed by atoms with Crippen molar-refractivity contribution >= 4 is 23.4 Å². The van der Waals surface area contributed by atoms with E-state index in [1.54, 1.807) is 11.9 Å². The Morgan fingerprint density at radius 1 is 1.24 bits per heavy atom. The number of morpholine rings is 1. The largest absolute Gasteiger partial charge is 0.379 e. The van der Waals surface area contributed by atoms with Crippen molar-refractivity contribution in [2.75, 3.05) is 44.3 Å². The number of aldehydes is 1. The van der Waals surface area contributed by atoms with Crippen LogP contribution in [-0.2, 0) is 23.1 Å². The van der Waals surface area contributed by atoms with Gasteiger partial charge in [0.2, 0.25) is 5.95 Å². The van der Waals surface area contributed by atoms with E-state index >= 15 is 0 Å². The van der Waals surface area contributed by atoms with Crippen LogP contribution in [-0.4, -0.2) is 75.3 Å². The highest BCUT2D eigenvalue weighted by atomic mass is 16.5. The van der Waals surface area contributed by atoms with Gasteiger partial charge in [0.05, 0.1) is 13.2 Å². The number of aromatic nitrogens is 4. The van der Waals surface area contributed by atoms with Crippen molar-refractivity contribution in [1.29, 1.82) is 0 Å². The van der Waals surface area contributed by atoms with Crippen molar-refractivity contribution in [2.45, 2.75) is 45.4 Å². The number of rotatable bonds is 6. The Labute approximate surface area is 192 Å². The maximum Gasteiger partial charge on any atom is 0.334 e. The van der Waals surface area contributed by atoms with Crippen LogP contribution in [0.4, 0.5) is 5.95 Å². The summed E-state index contributed by atoms with van der Waals surface area (Å²) in [5.74, 6) is 0.622. The van der Waals surface area contributed by atoms with Gasteiger partial charge in [-0.3, -0.25) is 19.1 Å². The number of aryl methyl sites for hydroxylation is 1. The zero-order valence-corrected chi connectivity index (χ0v) is 19.6. The van der Waals surface area contributed by atoms with Gasteiger partial charge < -0.3 is 19.9 Å². The molecule has 2 unspecified atom stereocenters. The van der Waals surface area contributed by atoms with E-state index in [-0.39, 0.29) is 6.04 Å². The van der Waals surface area contributed by atoms with Crippen molar-refractivity contribution in [3.8, 4) is 0 Å². The second-order valence-corrected chi connectivity index (χ2v) is 9.04. The maximum atomic E-state index is 13.8. The van der Waals surface area contributed by atoms with E-state index in [2.05, 4.69) is 4.90 Å². The first-order valence-corrected chi connectivity index (χ1v) is 11.5. The number of anilines is 1. The van der Waals surface area contributed by atoms with Crippen LogP contribution in [0.25, 0.3) is 11.2 Å². The third-order valence-corrected chi connectivity index (χ3v) is 6.39. The topological polar surface area (TPSA) is 121 Å². The molecule has 2 aromatic heterocycles. The van der Waals surface area contributed by atoms with Crippen LogP contribution in [0.3, 0.4) is 0 Å². The zero-order chi connectivity index (χ0) is 23.7. The molecule has 4 heterocycles. The quantitative estimate of drug-likeness (QED) is 0.467. The van der Waals surface area contributed by atoms with E-state index < -0.39 is 17.4 Å². The number of ether oxygens (including phenoxy) is 1. The number of imidazole rings is 1. The molecule has 0 saturated carbocycles. The average Bonchev–Trinajstić information content (AvgIpc) is 3.19. The van der Waals surface area contributed by atoms with Gasteiger partial charge in [0.15, 0.2) is 23.6 Å². The molecule has 33 heavy (non-hydrogen) atoms. The number of nitrogens with two attached hydrogens (primary N) is 1. The molecule has 0 aromatic carbocycles. The molecule has 2 aliphatic heterocycles. The number of fused-ring (bicyclic) bond motifs is 1. The number of piperidine rings is 1. The second kappa shape index (κ2) is 9.62. The molecule has 0 radical (unpaired) electrons. The standard InChI is InChI=1S/C22H33N7O4/c1-15(2)6-8-28-18-19(24-21(28)27-7-4-5-16(23)13-27)25(3)22(32)29(20(18)31)17(14-30)26-9-11-33-12-10-26/h6,14,16-17H,4-5,7-13,23H2,1-3H3. The monoisotopic (exact) mass is 459 g/mol. The lowest BCUT2D eigenvalue weighted by Crippen LogP contribution is -2.51. The van der Waals surface area contributed by atoms with Gasteiger partial charge in [-0.15, -0.1) is 0 Å². The molecule has 0 amide bonds. The van der Waals surface area contributed by atoms with Crippen molar-refractivity contribution < 1.29 is 9.53 Å². The molecule has 4 rings (SSSR count). The summed E-state index contributed by atoms with van der Waals surface area (Å²) in [7, 11) is 1.59.